The highest BCUT2D eigenvalue weighted by Gasteiger charge is 2.23. The van der Waals surface area contributed by atoms with E-state index in [1.807, 2.05) is 24.6 Å². The van der Waals surface area contributed by atoms with Gasteiger partial charge in [-0.25, -0.2) is 4.68 Å². The molecule has 0 aromatic carbocycles. The van der Waals surface area contributed by atoms with Crippen LogP contribution in [0.5, 0.6) is 0 Å². The number of hydrogen-bond acceptors (Lipinski definition) is 4. The first-order valence-corrected chi connectivity index (χ1v) is 6.48. The van der Waals surface area contributed by atoms with Gasteiger partial charge >= 0.3 is 0 Å². The first-order valence-electron chi connectivity index (χ1n) is 6.48. The molecule has 6 nitrogen and oxygen atoms in total. The van der Waals surface area contributed by atoms with Crippen LogP contribution in [0.1, 0.15) is 19.9 Å². The van der Waals surface area contributed by atoms with Crippen LogP contribution in [0.4, 0.5) is 5.82 Å². The molecular formula is C12H21N5O. The summed E-state index contributed by atoms with van der Waals surface area (Å²) in [6.45, 7) is 7.35. The van der Waals surface area contributed by atoms with E-state index in [-0.39, 0.29) is 11.8 Å². The summed E-state index contributed by atoms with van der Waals surface area (Å²) in [5.41, 5.74) is 0. The predicted molar refractivity (Wildman–Crippen MR) is 70.5 cm³/mol. The molecule has 100 valence electrons. The normalized spacial score (nSPS) is 17.2. The molecule has 1 aliphatic heterocycles. The molecule has 1 aromatic heterocycles. The van der Waals surface area contributed by atoms with Gasteiger partial charge in [0.15, 0.2) is 0 Å². The number of nitrogens with zero attached hydrogens (tertiary/aromatic N) is 2. The fourth-order valence-electron chi connectivity index (χ4n) is 1.85. The van der Waals surface area contributed by atoms with Crippen molar-refractivity contribution in [2.24, 2.45) is 5.92 Å². The molecule has 0 bridgehead atoms. The Morgan fingerprint density at radius 1 is 1.67 bits per heavy atom. The van der Waals surface area contributed by atoms with Crippen LogP contribution in [0.25, 0.3) is 0 Å². The lowest BCUT2D eigenvalue weighted by molar-refractivity contribution is -0.119. The van der Waals surface area contributed by atoms with Gasteiger partial charge in [-0.15, -0.1) is 0 Å². The van der Waals surface area contributed by atoms with E-state index in [9.17, 15) is 4.79 Å². The van der Waals surface area contributed by atoms with Gasteiger partial charge in [-0.2, -0.15) is 5.10 Å². The maximum atomic E-state index is 12.0. The Kier molecular flexibility index (Phi) is 4.33. The van der Waals surface area contributed by atoms with E-state index >= 15 is 0 Å². The van der Waals surface area contributed by atoms with Crippen molar-refractivity contribution in [3.63, 3.8) is 0 Å². The summed E-state index contributed by atoms with van der Waals surface area (Å²) < 4.78 is 1.88. The van der Waals surface area contributed by atoms with E-state index in [1.165, 1.54) is 0 Å². The molecule has 0 saturated carbocycles. The van der Waals surface area contributed by atoms with Gasteiger partial charge in [0, 0.05) is 31.6 Å². The second-order valence-electron chi connectivity index (χ2n) is 4.67. The SMILES string of the molecule is CCNCC(C)C(=O)Nc1ccnn1C1CNC1. The zero-order valence-electron chi connectivity index (χ0n) is 10.9. The minimum absolute atomic E-state index is 0.0324. The van der Waals surface area contributed by atoms with Crippen LogP contribution in [0.3, 0.4) is 0 Å². The lowest BCUT2D eigenvalue weighted by atomic mass is 10.1. The Balaban J connectivity index is 1.92. The van der Waals surface area contributed by atoms with E-state index in [4.69, 9.17) is 0 Å². The standard InChI is InChI=1S/C12H21N5O/c1-3-13-6-9(2)12(18)16-11-4-5-15-17(11)10-7-14-8-10/h4-5,9-10,13-14H,3,6-8H2,1-2H3,(H,16,18). The molecule has 2 heterocycles. The predicted octanol–water partition coefficient (Wildman–Crippen LogP) is 0.211. The number of amides is 1. The van der Waals surface area contributed by atoms with Gasteiger partial charge in [0.05, 0.1) is 12.2 Å². The van der Waals surface area contributed by atoms with Crippen LogP contribution in [-0.2, 0) is 4.79 Å². The Bertz CT molecular complexity index is 399. The maximum Gasteiger partial charge on any atom is 0.229 e. The summed E-state index contributed by atoms with van der Waals surface area (Å²) in [4.78, 5) is 12.0. The van der Waals surface area contributed by atoms with Crippen LogP contribution >= 0.6 is 0 Å². The average molecular weight is 251 g/mol. The maximum absolute atomic E-state index is 12.0. The molecular weight excluding hydrogens is 230 g/mol. The zero-order chi connectivity index (χ0) is 13.0. The van der Waals surface area contributed by atoms with E-state index in [0.717, 1.165) is 25.5 Å². The van der Waals surface area contributed by atoms with Crippen molar-refractivity contribution >= 4 is 11.7 Å². The Morgan fingerprint density at radius 3 is 3.06 bits per heavy atom. The monoisotopic (exact) mass is 251 g/mol. The fourth-order valence-corrected chi connectivity index (χ4v) is 1.85. The van der Waals surface area contributed by atoms with Crippen molar-refractivity contribution in [2.75, 3.05) is 31.5 Å². The van der Waals surface area contributed by atoms with Crippen LogP contribution < -0.4 is 16.0 Å². The summed E-state index contributed by atoms with van der Waals surface area (Å²) >= 11 is 0. The molecule has 1 amide bonds. The van der Waals surface area contributed by atoms with E-state index in [0.29, 0.717) is 12.6 Å². The lowest BCUT2D eigenvalue weighted by Gasteiger charge is -2.29. The van der Waals surface area contributed by atoms with E-state index < -0.39 is 0 Å². The van der Waals surface area contributed by atoms with Crippen molar-refractivity contribution in [1.82, 2.24) is 20.4 Å². The molecule has 1 saturated heterocycles. The van der Waals surface area contributed by atoms with Crippen LogP contribution in [0.2, 0.25) is 0 Å². The summed E-state index contributed by atoms with van der Waals surface area (Å²) in [6.07, 6.45) is 1.73. The lowest BCUT2D eigenvalue weighted by Crippen LogP contribution is -2.44. The van der Waals surface area contributed by atoms with Crippen molar-refractivity contribution in [3.8, 4) is 0 Å². The third-order valence-corrected chi connectivity index (χ3v) is 3.18. The molecule has 3 N–H and O–H groups in total. The molecule has 1 unspecified atom stereocenters. The van der Waals surface area contributed by atoms with Gasteiger partial charge in [-0.1, -0.05) is 13.8 Å². The number of aromatic nitrogens is 2. The highest BCUT2D eigenvalue weighted by atomic mass is 16.2. The smallest absolute Gasteiger partial charge is 0.229 e. The average Bonchev–Trinajstić information content (AvgIpc) is 2.72. The van der Waals surface area contributed by atoms with Crippen LogP contribution in [-0.4, -0.2) is 41.9 Å². The molecule has 1 aromatic rings. The van der Waals surface area contributed by atoms with Crippen LogP contribution in [0.15, 0.2) is 12.3 Å². The molecule has 1 atom stereocenters. The van der Waals surface area contributed by atoms with Crippen molar-refractivity contribution in [3.05, 3.63) is 12.3 Å². The van der Waals surface area contributed by atoms with E-state index in [2.05, 4.69) is 21.0 Å². The molecule has 18 heavy (non-hydrogen) atoms. The molecule has 2 rings (SSSR count). The highest BCUT2D eigenvalue weighted by Crippen LogP contribution is 2.17. The number of hydrogen-bond donors (Lipinski definition) is 3. The van der Waals surface area contributed by atoms with Crippen molar-refractivity contribution in [1.29, 1.82) is 0 Å². The van der Waals surface area contributed by atoms with Gasteiger partial charge in [-0.05, 0) is 6.54 Å². The van der Waals surface area contributed by atoms with E-state index in [1.54, 1.807) is 6.20 Å². The third kappa shape index (κ3) is 2.88. The first-order chi connectivity index (χ1) is 8.72. The molecule has 0 aliphatic carbocycles. The van der Waals surface area contributed by atoms with Crippen LogP contribution in [0, 0.1) is 5.92 Å². The molecule has 6 heteroatoms. The quantitative estimate of drug-likeness (QED) is 0.676. The highest BCUT2D eigenvalue weighted by molar-refractivity contribution is 5.91. The van der Waals surface area contributed by atoms with Crippen molar-refractivity contribution < 1.29 is 4.79 Å². The van der Waals surface area contributed by atoms with Crippen molar-refractivity contribution in [2.45, 2.75) is 19.9 Å². The molecule has 0 radical (unpaired) electrons. The van der Waals surface area contributed by atoms with Gasteiger partial charge in [0.2, 0.25) is 5.91 Å². The number of anilines is 1. The summed E-state index contributed by atoms with van der Waals surface area (Å²) in [6, 6.07) is 2.20. The molecule has 1 aliphatic rings. The Labute approximate surface area is 107 Å². The Morgan fingerprint density at radius 2 is 2.44 bits per heavy atom. The van der Waals surface area contributed by atoms with Gasteiger partial charge in [0.25, 0.3) is 0 Å². The number of rotatable bonds is 6. The fraction of sp³-hybridized carbons (Fsp3) is 0.667. The minimum atomic E-state index is -0.0483. The zero-order valence-corrected chi connectivity index (χ0v) is 10.9. The summed E-state index contributed by atoms with van der Waals surface area (Å²) in [5.74, 6) is 0.771. The number of carbonyl (C=O) groups is 1. The largest absolute Gasteiger partial charge is 0.316 e. The Hall–Kier alpha value is -1.40. The number of nitrogens with one attached hydrogen (secondary N) is 3. The van der Waals surface area contributed by atoms with Gasteiger partial charge < -0.3 is 16.0 Å². The second-order valence-corrected chi connectivity index (χ2v) is 4.67. The summed E-state index contributed by atoms with van der Waals surface area (Å²) in [7, 11) is 0. The topological polar surface area (TPSA) is 71.0 Å². The third-order valence-electron chi connectivity index (χ3n) is 3.18. The van der Waals surface area contributed by atoms with Gasteiger partial charge in [0.1, 0.15) is 5.82 Å². The summed E-state index contributed by atoms with van der Waals surface area (Å²) in [5, 5.41) is 13.6. The van der Waals surface area contributed by atoms with Gasteiger partial charge in [-0.3, -0.25) is 4.79 Å². The molecule has 1 fully saturated rings. The minimum Gasteiger partial charge on any atom is -0.316 e. The first kappa shape index (κ1) is 13.0. The number of carbonyl (C=O) groups excluding carboxylic acids is 1. The second kappa shape index (κ2) is 5.97. The molecule has 0 spiro atoms.